The van der Waals surface area contributed by atoms with E-state index in [4.69, 9.17) is 5.73 Å². The number of benzene rings is 1. The van der Waals surface area contributed by atoms with Gasteiger partial charge in [-0.05, 0) is 17.5 Å². The molecular weight excluding hydrogens is 210 g/mol. The summed E-state index contributed by atoms with van der Waals surface area (Å²) < 4.78 is 0. The smallest absolute Gasteiger partial charge is 0.0879 e. The van der Waals surface area contributed by atoms with Crippen molar-refractivity contribution in [2.45, 2.75) is 57.1 Å². The number of rotatable bonds is 5. The second kappa shape index (κ2) is 5.19. The van der Waals surface area contributed by atoms with E-state index >= 15 is 0 Å². The molecule has 0 heterocycles. The molecule has 2 rings (SSSR count). The SMILES string of the molecule is CCCCCCC1(O)Cc2ccccc2C1N. The number of nitrogens with two attached hydrogens (primary N) is 1. The first-order valence-electron chi connectivity index (χ1n) is 6.73. The molecule has 2 nitrogen and oxygen atoms in total. The molecule has 0 amide bonds. The van der Waals surface area contributed by atoms with Gasteiger partial charge in [-0.2, -0.15) is 0 Å². The Bertz CT molecular complexity index is 377. The fourth-order valence-electron chi connectivity index (χ4n) is 2.83. The quantitative estimate of drug-likeness (QED) is 0.768. The van der Waals surface area contributed by atoms with E-state index < -0.39 is 5.60 Å². The third-order valence-electron chi connectivity index (χ3n) is 3.93. The zero-order valence-electron chi connectivity index (χ0n) is 10.7. The van der Waals surface area contributed by atoms with Crippen LogP contribution in [0.1, 0.15) is 56.2 Å². The molecule has 2 unspecified atom stereocenters. The zero-order valence-corrected chi connectivity index (χ0v) is 10.7. The van der Waals surface area contributed by atoms with Crippen LogP contribution in [0.2, 0.25) is 0 Å². The number of unbranched alkanes of at least 4 members (excludes halogenated alkanes) is 3. The summed E-state index contributed by atoms with van der Waals surface area (Å²) in [6, 6.07) is 7.94. The number of hydrogen-bond acceptors (Lipinski definition) is 2. The Balaban J connectivity index is 1.99. The lowest BCUT2D eigenvalue weighted by Gasteiger charge is -2.27. The van der Waals surface area contributed by atoms with Crippen molar-refractivity contribution in [1.29, 1.82) is 0 Å². The average molecular weight is 233 g/mol. The topological polar surface area (TPSA) is 46.2 Å². The summed E-state index contributed by atoms with van der Waals surface area (Å²) in [6.07, 6.45) is 6.29. The highest BCUT2D eigenvalue weighted by atomic mass is 16.3. The Kier molecular flexibility index (Phi) is 3.85. The molecule has 2 heteroatoms. The normalized spacial score (nSPS) is 27.1. The van der Waals surface area contributed by atoms with Crippen molar-refractivity contribution in [3.05, 3.63) is 35.4 Å². The van der Waals surface area contributed by atoms with Crippen molar-refractivity contribution < 1.29 is 5.11 Å². The van der Waals surface area contributed by atoms with Crippen molar-refractivity contribution >= 4 is 0 Å². The molecule has 0 radical (unpaired) electrons. The molecule has 2 atom stereocenters. The highest BCUT2D eigenvalue weighted by Gasteiger charge is 2.41. The second-order valence-electron chi connectivity index (χ2n) is 5.27. The highest BCUT2D eigenvalue weighted by molar-refractivity contribution is 5.38. The van der Waals surface area contributed by atoms with Gasteiger partial charge in [-0.25, -0.2) is 0 Å². The highest BCUT2D eigenvalue weighted by Crippen LogP contribution is 2.40. The van der Waals surface area contributed by atoms with Crippen LogP contribution in [-0.2, 0) is 6.42 Å². The largest absolute Gasteiger partial charge is 0.388 e. The molecule has 0 spiro atoms. The summed E-state index contributed by atoms with van der Waals surface area (Å²) >= 11 is 0. The lowest BCUT2D eigenvalue weighted by molar-refractivity contribution is 0.0144. The Labute approximate surface area is 104 Å². The fourth-order valence-corrected chi connectivity index (χ4v) is 2.83. The van der Waals surface area contributed by atoms with E-state index in [1.807, 2.05) is 18.2 Å². The maximum atomic E-state index is 10.7. The van der Waals surface area contributed by atoms with Gasteiger partial charge in [0.1, 0.15) is 0 Å². The molecule has 0 aliphatic heterocycles. The van der Waals surface area contributed by atoms with Gasteiger partial charge in [0, 0.05) is 6.42 Å². The lowest BCUT2D eigenvalue weighted by Crippen LogP contribution is -2.38. The van der Waals surface area contributed by atoms with Crippen LogP contribution in [-0.4, -0.2) is 10.7 Å². The first-order chi connectivity index (χ1) is 8.17. The third kappa shape index (κ3) is 2.53. The molecular formula is C15H23NO. The van der Waals surface area contributed by atoms with E-state index in [0.717, 1.165) is 24.8 Å². The Hall–Kier alpha value is -0.860. The van der Waals surface area contributed by atoms with Crippen molar-refractivity contribution in [2.75, 3.05) is 0 Å². The van der Waals surface area contributed by atoms with Gasteiger partial charge in [0.15, 0.2) is 0 Å². The van der Waals surface area contributed by atoms with E-state index in [9.17, 15) is 5.11 Å². The number of aliphatic hydroxyl groups is 1. The first-order valence-corrected chi connectivity index (χ1v) is 6.73. The second-order valence-corrected chi connectivity index (χ2v) is 5.27. The maximum Gasteiger partial charge on any atom is 0.0879 e. The minimum absolute atomic E-state index is 0.208. The summed E-state index contributed by atoms with van der Waals surface area (Å²) in [6.45, 7) is 2.20. The van der Waals surface area contributed by atoms with Crippen LogP contribution in [0.15, 0.2) is 24.3 Å². The van der Waals surface area contributed by atoms with Crippen LogP contribution in [0.3, 0.4) is 0 Å². The van der Waals surface area contributed by atoms with Crippen LogP contribution in [0.5, 0.6) is 0 Å². The Morgan fingerprint density at radius 3 is 2.76 bits per heavy atom. The van der Waals surface area contributed by atoms with Crippen LogP contribution in [0, 0.1) is 0 Å². The molecule has 1 aliphatic carbocycles. The molecule has 94 valence electrons. The van der Waals surface area contributed by atoms with Gasteiger partial charge in [0.25, 0.3) is 0 Å². The molecule has 1 aliphatic rings. The van der Waals surface area contributed by atoms with E-state index in [0.29, 0.717) is 0 Å². The predicted molar refractivity (Wildman–Crippen MR) is 70.8 cm³/mol. The zero-order chi connectivity index (χ0) is 12.3. The Morgan fingerprint density at radius 1 is 1.29 bits per heavy atom. The van der Waals surface area contributed by atoms with Crippen LogP contribution in [0.4, 0.5) is 0 Å². The van der Waals surface area contributed by atoms with Gasteiger partial charge in [-0.3, -0.25) is 0 Å². The average Bonchev–Trinajstić information content (AvgIpc) is 2.59. The van der Waals surface area contributed by atoms with Crippen molar-refractivity contribution in [3.8, 4) is 0 Å². The third-order valence-corrected chi connectivity index (χ3v) is 3.93. The summed E-state index contributed by atoms with van der Waals surface area (Å²) in [7, 11) is 0. The summed E-state index contributed by atoms with van der Waals surface area (Å²) in [4.78, 5) is 0. The minimum Gasteiger partial charge on any atom is -0.388 e. The minimum atomic E-state index is -0.711. The number of hydrogen-bond donors (Lipinski definition) is 2. The van der Waals surface area contributed by atoms with Crippen LogP contribution >= 0.6 is 0 Å². The van der Waals surface area contributed by atoms with Crippen LogP contribution in [0.25, 0.3) is 0 Å². The van der Waals surface area contributed by atoms with Crippen LogP contribution < -0.4 is 5.73 Å². The Morgan fingerprint density at radius 2 is 2.06 bits per heavy atom. The van der Waals surface area contributed by atoms with E-state index in [-0.39, 0.29) is 6.04 Å². The molecule has 0 bridgehead atoms. The summed E-state index contributed by atoms with van der Waals surface area (Å²) in [5, 5.41) is 10.7. The van der Waals surface area contributed by atoms with Crippen molar-refractivity contribution in [1.82, 2.24) is 0 Å². The molecule has 0 saturated heterocycles. The summed E-state index contributed by atoms with van der Waals surface area (Å²) in [5.74, 6) is 0. The van der Waals surface area contributed by atoms with Gasteiger partial charge in [-0.15, -0.1) is 0 Å². The molecule has 1 aromatic rings. The standard InChI is InChI=1S/C15H23NO/c1-2-3-4-7-10-15(17)11-12-8-5-6-9-13(12)14(15)16/h5-6,8-9,14,17H,2-4,7,10-11,16H2,1H3. The first kappa shape index (κ1) is 12.6. The molecule has 0 saturated carbocycles. The number of fused-ring (bicyclic) bond motifs is 1. The summed E-state index contributed by atoms with van der Waals surface area (Å²) in [5.41, 5.74) is 7.83. The van der Waals surface area contributed by atoms with Gasteiger partial charge >= 0.3 is 0 Å². The van der Waals surface area contributed by atoms with Gasteiger partial charge in [-0.1, -0.05) is 56.9 Å². The van der Waals surface area contributed by atoms with Crippen molar-refractivity contribution in [2.24, 2.45) is 5.73 Å². The molecule has 17 heavy (non-hydrogen) atoms. The van der Waals surface area contributed by atoms with Gasteiger partial charge in [0.2, 0.25) is 0 Å². The lowest BCUT2D eigenvalue weighted by atomic mass is 9.89. The van der Waals surface area contributed by atoms with E-state index in [1.165, 1.54) is 24.8 Å². The monoisotopic (exact) mass is 233 g/mol. The van der Waals surface area contributed by atoms with E-state index in [2.05, 4.69) is 13.0 Å². The van der Waals surface area contributed by atoms with Gasteiger partial charge < -0.3 is 10.8 Å². The molecule has 0 fully saturated rings. The van der Waals surface area contributed by atoms with E-state index in [1.54, 1.807) is 0 Å². The van der Waals surface area contributed by atoms with Crippen molar-refractivity contribution in [3.63, 3.8) is 0 Å². The molecule has 0 aromatic heterocycles. The van der Waals surface area contributed by atoms with Gasteiger partial charge in [0.05, 0.1) is 11.6 Å². The maximum absolute atomic E-state index is 10.7. The molecule has 1 aromatic carbocycles. The fraction of sp³-hybridized carbons (Fsp3) is 0.600. The predicted octanol–water partition coefficient (Wildman–Crippen LogP) is 2.94. The molecule has 3 N–H and O–H groups in total.